The number of hydrogen-bond acceptors (Lipinski definition) is 4. The quantitative estimate of drug-likeness (QED) is 0.561. The first-order valence-electron chi connectivity index (χ1n) is 6.54. The Morgan fingerprint density at radius 3 is 2.72 bits per heavy atom. The van der Waals surface area contributed by atoms with Crippen molar-refractivity contribution >= 4 is 10.2 Å². The molecule has 0 aromatic rings. The summed E-state index contributed by atoms with van der Waals surface area (Å²) in [5.41, 5.74) is 0. The molecule has 1 unspecified atom stereocenters. The van der Waals surface area contributed by atoms with Gasteiger partial charge in [0.05, 0.1) is 6.61 Å². The Morgan fingerprint density at radius 1 is 1.50 bits per heavy atom. The average molecular weight is 279 g/mol. The Balaban J connectivity index is 2.57. The Kier molecular flexibility index (Phi) is 6.51. The van der Waals surface area contributed by atoms with E-state index in [-0.39, 0.29) is 25.1 Å². The highest BCUT2D eigenvalue weighted by Crippen LogP contribution is 2.09. The lowest BCUT2D eigenvalue weighted by molar-refractivity contribution is 0.244. The van der Waals surface area contributed by atoms with Gasteiger partial charge in [-0.25, -0.2) is 4.72 Å². The molecule has 0 aliphatic carbocycles. The van der Waals surface area contributed by atoms with Gasteiger partial charge in [0.2, 0.25) is 0 Å². The minimum atomic E-state index is -3.48. The van der Waals surface area contributed by atoms with Crippen LogP contribution in [0.25, 0.3) is 0 Å². The zero-order chi connectivity index (χ0) is 13.6. The normalized spacial score (nSPS) is 21.1. The van der Waals surface area contributed by atoms with Gasteiger partial charge < -0.3 is 10.4 Å². The van der Waals surface area contributed by atoms with Crippen molar-refractivity contribution < 1.29 is 13.5 Å². The molecule has 1 aliphatic heterocycles. The fourth-order valence-electron chi connectivity index (χ4n) is 1.94. The van der Waals surface area contributed by atoms with Gasteiger partial charge in [0.25, 0.3) is 10.2 Å². The number of rotatable bonds is 8. The minimum absolute atomic E-state index is 0.144. The van der Waals surface area contributed by atoms with Gasteiger partial charge in [-0.3, -0.25) is 0 Å². The third kappa shape index (κ3) is 5.19. The largest absolute Gasteiger partial charge is 0.395 e. The van der Waals surface area contributed by atoms with Crippen LogP contribution in [0.3, 0.4) is 0 Å². The Labute approximate surface area is 110 Å². The van der Waals surface area contributed by atoms with E-state index in [4.69, 9.17) is 5.11 Å². The Bertz CT molecular complexity index is 326. The fourth-order valence-corrected chi connectivity index (χ4v) is 3.37. The van der Waals surface area contributed by atoms with Gasteiger partial charge in [-0.15, -0.1) is 0 Å². The molecule has 1 rings (SSSR count). The van der Waals surface area contributed by atoms with Crippen LogP contribution in [0.15, 0.2) is 0 Å². The van der Waals surface area contributed by atoms with Crippen LogP contribution in [0.1, 0.15) is 26.7 Å². The molecule has 7 heteroatoms. The van der Waals surface area contributed by atoms with E-state index in [1.165, 1.54) is 4.31 Å². The lowest BCUT2D eigenvalue weighted by Gasteiger charge is -2.25. The summed E-state index contributed by atoms with van der Waals surface area (Å²) in [6.45, 7) is 5.68. The van der Waals surface area contributed by atoms with Gasteiger partial charge in [-0.1, -0.05) is 13.8 Å². The van der Waals surface area contributed by atoms with Crippen molar-refractivity contribution in [1.29, 1.82) is 0 Å². The number of aliphatic hydroxyl groups is 1. The van der Waals surface area contributed by atoms with Crippen LogP contribution in [0.5, 0.6) is 0 Å². The van der Waals surface area contributed by atoms with Crippen LogP contribution in [-0.4, -0.2) is 56.7 Å². The maximum absolute atomic E-state index is 12.1. The molecule has 1 aliphatic rings. The predicted molar refractivity (Wildman–Crippen MR) is 71.4 cm³/mol. The van der Waals surface area contributed by atoms with Gasteiger partial charge in [0.15, 0.2) is 0 Å². The van der Waals surface area contributed by atoms with E-state index in [2.05, 4.69) is 10.0 Å². The van der Waals surface area contributed by atoms with E-state index >= 15 is 0 Å². The summed E-state index contributed by atoms with van der Waals surface area (Å²) in [5, 5.41) is 12.3. The lowest BCUT2D eigenvalue weighted by Crippen LogP contribution is -2.48. The maximum Gasteiger partial charge on any atom is 0.279 e. The molecule has 1 heterocycles. The van der Waals surface area contributed by atoms with Crippen molar-refractivity contribution in [1.82, 2.24) is 14.3 Å². The number of nitrogens with zero attached hydrogens (tertiary/aromatic N) is 1. The summed E-state index contributed by atoms with van der Waals surface area (Å²) in [6, 6.07) is 0.201. The van der Waals surface area contributed by atoms with Crippen molar-refractivity contribution in [3.63, 3.8) is 0 Å². The van der Waals surface area contributed by atoms with Crippen molar-refractivity contribution in [2.75, 3.05) is 32.8 Å². The van der Waals surface area contributed by atoms with Crippen LogP contribution in [0.4, 0.5) is 0 Å². The molecule has 0 radical (unpaired) electrons. The van der Waals surface area contributed by atoms with Crippen molar-refractivity contribution in [3.05, 3.63) is 0 Å². The van der Waals surface area contributed by atoms with Crippen molar-refractivity contribution in [3.8, 4) is 0 Å². The SMILES string of the molecule is CC(C)CNS(=O)(=O)N(CCO)CC1CCCN1. The molecule has 0 aromatic heterocycles. The summed E-state index contributed by atoms with van der Waals surface area (Å²) < 4.78 is 28.1. The highest BCUT2D eigenvalue weighted by Gasteiger charge is 2.26. The smallest absolute Gasteiger partial charge is 0.279 e. The van der Waals surface area contributed by atoms with Crippen LogP contribution in [-0.2, 0) is 10.2 Å². The molecule has 1 atom stereocenters. The van der Waals surface area contributed by atoms with E-state index in [0.29, 0.717) is 13.1 Å². The first-order chi connectivity index (χ1) is 8.45. The molecule has 0 aromatic carbocycles. The minimum Gasteiger partial charge on any atom is -0.395 e. The zero-order valence-corrected chi connectivity index (χ0v) is 12.0. The van der Waals surface area contributed by atoms with Crippen LogP contribution >= 0.6 is 0 Å². The number of nitrogens with one attached hydrogen (secondary N) is 2. The average Bonchev–Trinajstić information content (AvgIpc) is 2.79. The van der Waals surface area contributed by atoms with Crippen LogP contribution in [0, 0.1) is 5.92 Å². The molecular formula is C11H25N3O3S. The number of aliphatic hydroxyl groups excluding tert-OH is 1. The summed E-state index contributed by atoms with van der Waals surface area (Å²) in [7, 11) is -3.48. The van der Waals surface area contributed by atoms with Crippen molar-refractivity contribution in [2.24, 2.45) is 5.92 Å². The molecule has 18 heavy (non-hydrogen) atoms. The topological polar surface area (TPSA) is 81.7 Å². The second-order valence-electron chi connectivity index (χ2n) is 5.12. The predicted octanol–water partition coefficient (Wildman–Crippen LogP) is -0.477. The Morgan fingerprint density at radius 2 is 2.22 bits per heavy atom. The fraction of sp³-hybridized carbons (Fsp3) is 1.00. The Hall–Kier alpha value is -0.210. The van der Waals surface area contributed by atoms with E-state index in [0.717, 1.165) is 19.4 Å². The van der Waals surface area contributed by atoms with Crippen LogP contribution < -0.4 is 10.0 Å². The first-order valence-corrected chi connectivity index (χ1v) is 7.98. The molecule has 0 spiro atoms. The monoisotopic (exact) mass is 279 g/mol. The van der Waals surface area contributed by atoms with E-state index in [9.17, 15) is 8.42 Å². The number of hydrogen-bond donors (Lipinski definition) is 3. The molecular weight excluding hydrogens is 254 g/mol. The summed E-state index contributed by atoms with van der Waals surface area (Å²) in [6.07, 6.45) is 2.07. The molecule has 0 amide bonds. The van der Waals surface area contributed by atoms with Gasteiger partial charge in [-0.05, 0) is 25.3 Å². The second-order valence-corrected chi connectivity index (χ2v) is 6.88. The highest BCUT2D eigenvalue weighted by atomic mass is 32.2. The molecule has 3 N–H and O–H groups in total. The van der Waals surface area contributed by atoms with Crippen LogP contribution in [0.2, 0.25) is 0 Å². The van der Waals surface area contributed by atoms with Crippen molar-refractivity contribution in [2.45, 2.75) is 32.7 Å². The van der Waals surface area contributed by atoms with E-state index in [1.54, 1.807) is 0 Å². The van der Waals surface area contributed by atoms with E-state index < -0.39 is 10.2 Å². The lowest BCUT2D eigenvalue weighted by atomic mass is 10.2. The molecule has 108 valence electrons. The molecule has 1 fully saturated rings. The second kappa shape index (κ2) is 7.40. The highest BCUT2D eigenvalue weighted by molar-refractivity contribution is 7.87. The van der Waals surface area contributed by atoms with E-state index in [1.807, 2.05) is 13.8 Å². The third-order valence-corrected chi connectivity index (χ3v) is 4.49. The molecule has 0 saturated carbocycles. The standard InChI is InChI=1S/C11H25N3O3S/c1-10(2)8-13-18(16,17)14(6-7-15)9-11-4-3-5-12-11/h10-13,15H,3-9H2,1-2H3. The summed E-state index contributed by atoms with van der Waals surface area (Å²) >= 11 is 0. The molecule has 1 saturated heterocycles. The van der Waals surface area contributed by atoms with Gasteiger partial charge in [0, 0.05) is 25.7 Å². The first kappa shape index (κ1) is 15.8. The van der Waals surface area contributed by atoms with Gasteiger partial charge >= 0.3 is 0 Å². The molecule has 0 bridgehead atoms. The summed E-state index contributed by atoms with van der Waals surface area (Å²) in [5.74, 6) is 0.264. The third-order valence-electron chi connectivity index (χ3n) is 2.95. The summed E-state index contributed by atoms with van der Waals surface area (Å²) in [4.78, 5) is 0. The molecule has 6 nitrogen and oxygen atoms in total. The van der Waals surface area contributed by atoms with Gasteiger partial charge in [-0.2, -0.15) is 12.7 Å². The maximum atomic E-state index is 12.1. The zero-order valence-electron chi connectivity index (χ0n) is 11.2. The van der Waals surface area contributed by atoms with Gasteiger partial charge in [0.1, 0.15) is 0 Å².